The molecule has 2 nitrogen and oxygen atoms in total. The van der Waals surface area contributed by atoms with Crippen molar-refractivity contribution in [1.82, 2.24) is 0 Å². The van der Waals surface area contributed by atoms with Crippen LogP contribution in [0.4, 0.5) is 0 Å². The summed E-state index contributed by atoms with van der Waals surface area (Å²) < 4.78 is 0. The van der Waals surface area contributed by atoms with Crippen molar-refractivity contribution in [2.45, 2.75) is 64.4 Å². The number of hydrogen-bond acceptors (Lipinski definition) is 2. The molecule has 1 radical (unpaired) electrons. The average Bonchev–Trinajstić information content (AvgIpc) is 2.48. The van der Waals surface area contributed by atoms with Crippen LogP contribution in [0, 0.1) is 0 Å². The summed E-state index contributed by atoms with van der Waals surface area (Å²) in [5.74, 6) is 0.677. The minimum atomic E-state index is 0.161. The van der Waals surface area contributed by atoms with E-state index in [4.69, 9.17) is 4.84 Å². The van der Waals surface area contributed by atoms with Gasteiger partial charge in [0.2, 0.25) is 0 Å². The molecule has 1 atom stereocenters. The summed E-state index contributed by atoms with van der Waals surface area (Å²) in [6.45, 7) is 4.12. The number of benzene rings is 1. The summed E-state index contributed by atoms with van der Waals surface area (Å²) in [5.41, 5.74) is 2.48. The molecule has 0 aromatic heterocycles. The fourth-order valence-electron chi connectivity index (χ4n) is 2.61. The third kappa shape index (κ3) is 4.09. The lowest BCUT2D eigenvalue weighted by molar-refractivity contribution is 0.0712. The second kappa shape index (κ2) is 7.32. The fraction of sp³-hybridized carbons (Fsp3) is 0.588. The lowest BCUT2D eigenvalue weighted by Gasteiger charge is -2.23. The summed E-state index contributed by atoms with van der Waals surface area (Å²) in [6, 6.07) is 8.47. The molecule has 0 saturated heterocycles. The largest absolute Gasteiger partial charge is 0.392 e. The Morgan fingerprint density at radius 2 is 2.00 bits per heavy atom. The maximum Gasteiger partial charge on any atom is 0.140 e. The smallest absolute Gasteiger partial charge is 0.140 e. The van der Waals surface area contributed by atoms with Crippen LogP contribution in [0.2, 0.25) is 0 Å². The van der Waals surface area contributed by atoms with E-state index in [2.05, 4.69) is 36.5 Å². The van der Waals surface area contributed by atoms with Crippen LogP contribution in [0.5, 0.6) is 0 Å². The van der Waals surface area contributed by atoms with Gasteiger partial charge in [0, 0.05) is 5.56 Å². The summed E-state index contributed by atoms with van der Waals surface area (Å²) in [4.78, 5) is 5.35. The molecule has 0 aliphatic heterocycles. The van der Waals surface area contributed by atoms with Gasteiger partial charge in [-0.05, 0) is 37.7 Å². The minimum absolute atomic E-state index is 0.161. The molecular formula is C17H24NO. The predicted molar refractivity (Wildman–Crippen MR) is 79.6 cm³/mol. The van der Waals surface area contributed by atoms with E-state index in [9.17, 15) is 0 Å². The first-order valence-electron chi connectivity index (χ1n) is 7.52. The van der Waals surface area contributed by atoms with Crippen LogP contribution < -0.4 is 0 Å². The molecule has 1 aromatic rings. The Labute approximate surface area is 116 Å². The van der Waals surface area contributed by atoms with E-state index in [0.29, 0.717) is 5.92 Å². The van der Waals surface area contributed by atoms with E-state index in [0.717, 1.165) is 12.0 Å². The van der Waals surface area contributed by atoms with E-state index >= 15 is 0 Å². The molecule has 1 aliphatic carbocycles. The Balaban J connectivity index is 2.07. The molecule has 19 heavy (non-hydrogen) atoms. The van der Waals surface area contributed by atoms with Crippen molar-refractivity contribution in [2.24, 2.45) is 5.16 Å². The Bertz CT molecular complexity index is 407. The van der Waals surface area contributed by atoms with Crippen LogP contribution in [0.3, 0.4) is 0 Å². The zero-order valence-corrected chi connectivity index (χ0v) is 12.1. The summed E-state index contributed by atoms with van der Waals surface area (Å²) in [5, 5.41) is 4.02. The van der Waals surface area contributed by atoms with E-state index in [1.807, 2.05) is 13.0 Å². The maximum atomic E-state index is 5.35. The van der Waals surface area contributed by atoms with Gasteiger partial charge in [-0.1, -0.05) is 55.6 Å². The fourth-order valence-corrected chi connectivity index (χ4v) is 2.61. The molecule has 0 heterocycles. The average molecular weight is 258 g/mol. The van der Waals surface area contributed by atoms with Crippen molar-refractivity contribution < 1.29 is 4.84 Å². The second-order valence-corrected chi connectivity index (χ2v) is 5.45. The summed E-state index contributed by atoms with van der Waals surface area (Å²) >= 11 is 0. The topological polar surface area (TPSA) is 21.6 Å². The van der Waals surface area contributed by atoms with Crippen LogP contribution in [0.1, 0.15) is 69.4 Å². The van der Waals surface area contributed by atoms with Crippen LogP contribution in [0.25, 0.3) is 0 Å². The van der Waals surface area contributed by atoms with E-state index < -0.39 is 0 Å². The van der Waals surface area contributed by atoms with Gasteiger partial charge >= 0.3 is 0 Å². The standard InChI is InChI=1S/C17H24NO/c1-3-14(2)19-18-13-16-11-7-8-12-17(16)15-9-5-4-6-10-15/h7-8,11-12,14-15H,3-6,9-10H2,1-2H3. The first kappa shape index (κ1) is 14.1. The van der Waals surface area contributed by atoms with Gasteiger partial charge in [-0.2, -0.15) is 0 Å². The van der Waals surface area contributed by atoms with Crippen LogP contribution in [-0.2, 0) is 4.84 Å². The van der Waals surface area contributed by atoms with Crippen LogP contribution in [-0.4, -0.2) is 12.3 Å². The van der Waals surface area contributed by atoms with Crippen molar-refractivity contribution in [1.29, 1.82) is 0 Å². The molecule has 103 valence electrons. The maximum absolute atomic E-state index is 5.35. The molecule has 1 saturated carbocycles. The van der Waals surface area contributed by atoms with Gasteiger partial charge in [-0.15, -0.1) is 0 Å². The second-order valence-electron chi connectivity index (χ2n) is 5.45. The molecule has 0 spiro atoms. The van der Waals surface area contributed by atoms with Gasteiger partial charge in [0.15, 0.2) is 0 Å². The van der Waals surface area contributed by atoms with E-state index in [1.54, 1.807) is 0 Å². The van der Waals surface area contributed by atoms with E-state index in [-0.39, 0.29) is 6.10 Å². The zero-order valence-electron chi connectivity index (χ0n) is 12.1. The van der Waals surface area contributed by atoms with Gasteiger partial charge in [-0.3, -0.25) is 0 Å². The van der Waals surface area contributed by atoms with Crippen molar-refractivity contribution in [3.8, 4) is 0 Å². The first-order chi connectivity index (χ1) is 9.31. The third-order valence-electron chi connectivity index (χ3n) is 3.98. The lowest BCUT2D eigenvalue weighted by atomic mass is 9.82. The molecule has 1 aliphatic rings. The molecule has 0 N–H and O–H groups in total. The van der Waals surface area contributed by atoms with Gasteiger partial charge in [0.25, 0.3) is 0 Å². The molecule has 0 bridgehead atoms. The molecule has 1 fully saturated rings. The minimum Gasteiger partial charge on any atom is -0.392 e. The van der Waals surface area contributed by atoms with Crippen molar-refractivity contribution in [3.05, 3.63) is 35.4 Å². The Kier molecular flexibility index (Phi) is 5.44. The van der Waals surface area contributed by atoms with Gasteiger partial charge < -0.3 is 4.84 Å². The van der Waals surface area contributed by atoms with Crippen LogP contribution >= 0.6 is 0 Å². The molecule has 1 unspecified atom stereocenters. The number of rotatable bonds is 5. The lowest BCUT2D eigenvalue weighted by Crippen LogP contribution is -2.07. The van der Waals surface area contributed by atoms with E-state index in [1.165, 1.54) is 37.7 Å². The molecule has 0 amide bonds. The highest BCUT2D eigenvalue weighted by Gasteiger charge is 2.17. The first-order valence-corrected chi connectivity index (χ1v) is 7.52. The normalized spacial score (nSPS) is 18.6. The van der Waals surface area contributed by atoms with Crippen molar-refractivity contribution >= 4 is 6.21 Å². The highest BCUT2D eigenvalue weighted by Crippen LogP contribution is 2.33. The summed E-state index contributed by atoms with van der Waals surface area (Å²) in [7, 11) is 0. The number of nitrogens with zero attached hydrogens (tertiary/aromatic N) is 1. The van der Waals surface area contributed by atoms with Gasteiger partial charge in [0.1, 0.15) is 12.3 Å². The molecule has 2 heteroatoms. The Morgan fingerprint density at radius 1 is 1.26 bits per heavy atom. The van der Waals surface area contributed by atoms with Gasteiger partial charge in [-0.25, -0.2) is 0 Å². The SMILES string of the molecule is CCC(C)O/N=[C]/c1ccccc1C1CCCCC1. The number of hydrogen-bond donors (Lipinski definition) is 0. The van der Waals surface area contributed by atoms with Gasteiger partial charge in [0.05, 0.1) is 0 Å². The Morgan fingerprint density at radius 3 is 2.74 bits per heavy atom. The highest BCUT2D eigenvalue weighted by molar-refractivity contribution is 5.81. The molecule has 1 aromatic carbocycles. The third-order valence-corrected chi connectivity index (χ3v) is 3.98. The quantitative estimate of drug-likeness (QED) is 0.551. The highest BCUT2D eigenvalue weighted by atomic mass is 16.6. The zero-order chi connectivity index (χ0) is 13.5. The van der Waals surface area contributed by atoms with Crippen LogP contribution in [0.15, 0.2) is 29.4 Å². The van der Waals surface area contributed by atoms with Crippen molar-refractivity contribution in [3.63, 3.8) is 0 Å². The molecular weight excluding hydrogens is 234 g/mol. The Hall–Kier alpha value is -1.31. The predicted octanol–water partition coefficient (Wildman–Crippen LogP) is 4.76. The van der Waals surface area contributed by atoms with Crippen molar-refractivity contribution in [2.75, 3.05) is 0 Å². The molecule has 2 rings (SSSR count). The summed E-state index contributed by atoms with van der Waals surface area (Å²) in [6.07, 6.45) is 10.9. The monoisotopic (exact) mass is 258 g/mol.